The number of aryl methyl sites for hydroxylation is 1. The predicted molar refractivity (Wildman–Crippen MR) is 111 cm³/mol. The van der Waals surface area contributed by atoms with Gasteiger partial charge in [0.2, 0.25) is 0 Å². The fourth-order valence-corrected chi connectivity index (χ4v) is 4.36. The molecular formula is C22H18N2O3S. The van der Waals surface area contributed by atoms with E-state index in [-0.39, 0.29) is 5.56 Å². The highest BCUT2D eigenvalue weighted by Gasteiger charge is 2.28. The number of ether oxygens (including phenoxy) is 1. The lowest BCUT2D eigenvalue weighted by Crippen LogP contribution is -2.33. The Morgan fingerprint density at radius 3 is 2.36 bits per heavy atom. The number of methoxy groups -OCH3 is 1. The van der Waals surface area contributed by atoms with Gasteiger partial charge < -0.3 is 4.74 Å². The zero-order valence-corrected chi connectivity index (χ0v) is 16.3. The van der Waals surface area contributed by atoms with E-state index in [1.807, 2.05) is 66.0 Å². The number of carbonyl (C=O) groups is 1. The molecule has 0 saturated heterocycles. The fraction of sp³-hybridized carbons (Fsp3) is 0.136. The number of thiophene rings is 1. The molecule has 2 aromatic carbocycles. The Bertz CT molecular complexity index is 1200. The topological polar surface area (TPSA) is 61.2 Å². The Kier molecular flexibility index (Phi) is 4.79. The number of benzene rings is 2. The monoisotopic (exact) mass is 390 g/mol. The van der Waals surface area contributed by atoms with Crippen molar-refractivity contribution in [3.8, 4) is 11.1 Å². The van der Waals surface area contributed by atoms with Crippen LogP contribution in [0.4, 0.5) is 0 Å². The third-order valence-electron chi connectivity index (χ3n) is 4.70. The number of nitrogens with zero attached hydrogens (tertiary/aromatic N) is 2. The van der Waals surface area contributed by atoms with Gasteiger partial charge in [0.1, 0.15) is 10.7 Å². The van der Waals surface area contributed by atoms with Crippen LogP contribution >= 0.6 is 11.3 Å². The molecule has 140 valence electrons. The van der Waals surface area contributed by atoms with Crippen molar-refractivity contribution in [1.82, 2.24) is 9.55 Å². The summed E-state index contributed by atoms with van der Waals surface area (Å²) in [5.74, 6) is -0.0349. The van der Waals surface area contributed by atoms with E-state index in [9.17, 15) is 9.59 Å². The molecule has 2 aromatic heterocycles. The van der Waals surface area contributed by atoms with Gasteiger partial charge in [-0.05, 0) is 18.1 Å². The van der Waals surface area contributed by atoms with Crippen LogP contribution in [0.25, 0.3) is 21.3 Å². The minimum Gasteiger partial charge on any atom is -0.467 e. The number of rotatable bonds is 4. The first-order valence-corrected chi connectivity index (χ1v) is 9.68. The molecule has 5 nitrogen and oxygen atoms in total. The molecule has 0 N–H and O–H groups in total. The van der Waals surface area contributed by atoms with Crippen molar-refractivity contribution in [2.75, 3.05) is 7.11 Å². The molecule has 28 heavy (non-hydrogen) atoms. The maximum atomic E-state index is 13.6. The van der Waals surface area contributed by atoms with Crippen molar-refractivity contribution in [2.24, 2.45) is 0 Å². The van der Waals surface area contributed by atoms with Crippen molar-refractivity contribution >= 4 is 27.5 Å². The largest absolute Gasteiger partial charge is 0.467 e. The van der Waals surface area contributed by atoms with Crippen LogP contribution in [0.5, 0.6) is 0 Å². The van der Waals surface area contributed by atoms with Crippen LogP contribution in [0.3, 0.4) is 0 Å². The normalized spacial score (nSPS) is 12.1. The summed E-state index contributed by atoms with van der Waals surface area (Å²) in [7, 11) is 1.32. The average Bonchev–Trinajstić information content (AvgIpc) is 3.15. The van der Waals surface area contributed by atoms with Crippen LogP contribution < -0.4 is 5.56 Å². The van der Waals surface area contributed by atoms with Crippen molar-refractivity contribution in [3.63, 3.8) is 0 Å². The summed E-state index contributed by atoms with van der Waals surface area (Å²) in [6.45, 7) is 1.74. The number of fused-ring (bicyclic) bond motifs is 1. The molecule has 0 spiro atoms. The van der Waals surface area contributed by atoms with Gasteiger partial charge in [0.05, 0.1) is 12.5 Å². The second-order valence-electron chi connectivity index (χ2n) is 6.37. The van der Waals surface area contributed by atoms with E-state index in [0.717, 1.165) is 11.1 Å². The summed E-state index contributed by atoms with van der Waals surface area (Å²) in [5.41, 5.74) is 2.19. The van der Waals surface area contributed by atoms with E-state index < -0.39 is 12.0 Å². The molecule has 0 radical (unpaired) electrons. The third-order valence-corrected chi connectivity index (χ3v) is 5.57. The summed E-state index contributed by atoms with van der Waals surface area (Å²) in [6.07, 6.45) is 0. The molecule has 0 saturated carbocycles. The maximum absolute atomic E-state index is 13.6. The van der Waals surface area contributed by atoms with Gasteiger partial charge >= 0.3 is 5.97 Å². The van der Waals surface area contributed by atoms with E-state index in [1.165, 1.54) is 23.0 Å². The smallest absolute Gasteiger partial charge is 0.333 e. The van der Waals surface area contributed by atoms with Crippen molar-refractivity contribution in [2.45, 2.75) is 13.0 Å². The maximum Gasteiger partial charge on any atom is 0.333 e. The van der Waals surface area contributed by atoms with Crippen molar-refractivity contribution < 1.29 is 9.53 Å². The molecule has 0 aliphatic heterocycles. The zero-order chi connectivity index (χ0) is 19.7. The second kappa shape index (κ2) is 7.40. The molecule has 1 atom stereocenters. The average molecular weight is 390 g/mol. The summed E-state index contributed by atoms with van der Waals surface area (Å²) in [5, 5.41) is 2.46. The van der Waals surface area contributed by atoms with Gasteiger partial charge in [0.15, 0.2) is 6.04 Å². The van der Waals surface area contributed by atoms with Crippen molar-refractivity contribution in [1.29, 1.82) is 0 Å². The number of carbonyl (C=O) groups excluding carboxylic acids is 1. The highest BCUT2D eigenvalue weighted by Crippen LogP contribution is 2.32. The molecule has 0 aliphatic rings. The summed E-state index contributed by atoms with van der Waals surface area (Å²) in [6, 6.07) is 18.0. The molecule has 2 heterocycles. The van der Waals surface area contributed by atoms with Gasteiger partial charge in [-0.15, -0.1) is 11.3 Å². The molecule has 0 fully saturated rings. The predicted octanol–water partition coefficient (Wildman–Crippen LogP) is 4.20. The van der Waals surface area contributed by atoms with E-state index in [4.69, 9.17) is 4.74 Å². The summed E-state index contributed by atoms with van der Waals surface area (Å²) in [4.78, 5) is 31.5. The van der Waals surface area contributed by atoms with Crippen LogP contribution in [-0.2, 0) is 9.53 Å². The Morgan fingerprint density at radius 2 is 1.71 bits per heavy atom. The van der Waals surface area contributed by atoms with Crippen LogP contribution in [0.15, 0.2) is 70.8 Å². The number of esters is 1. The van der Waals surface area contributed by atoms with Crippen LogP contribution in [0.1, 0.15) is 17.4 Å². The molecular weight excluding hydrogens is 372 g/mol. The lowest BCUT2D eigenvalue weighted by Gasteiger charge is -2.20. The lowest BCUT2D eigenvalue weighted by molar-refractivity contribution is -0.143. The Balaban J connectivity index is 2.01. The first-order chi connectivity index (χ1) is 13.6. The van der Waals surface area contributed by atoms with Gasteiger partial charge in [-0.2, -0.15) is 0 Å². The van der Waals surface area contributed by atoms with Crippen molar-refractivity contribution in [3.05, 3.63) is 87.8 Å². The minimum absolute atomic E-state index is 0.248. The van der Waals surface area contributed by atoms with Crippen LogP contribution in [0, 0.1) is 6.92 Å². The van der Waals surface area contributed by atoms with Gasteiger partial charge in [0.25, 0.3) is 5.56 Å². The third kappa shape index (κ3) is 3.01. The fourth-order valence-electron chi connectivity index (χ4n) is 3.38. The summed E-state index contributed by atoms with van der Waals surface area (Å²) >= 11 is 1.43. The number of hydrogen-bond acceptors (Lipinski definition) is 5. The van der Waals surface area contributed by atoms with Gasteiger partial charge in [-0.25, -0.2) is 9.78 Å². The SMILES string of the molecule is COC(=O)C(c1ccccc1)n1c(C)nc2scc(-c3ccccc3)c2c1=O. The Labute approximate surface area is 165 Å². The van der Waals surface area contributed by atoms with Gasteiger partial charge in [-0.3, -0.25) is 9.36 Å². The quantitative estimate of drug-likeness (QED) is 0.490. The first-order valence-electron chi connectivity index (χ1n) is 8.80. The highest BCUT2D eigenvalue weighted by atomic mass is 32.1. The van der Waals surface area contributed by atoms with Crippen LogP contribution in [-0.4, -0.2) is 22.6 Å². The van der Waals surface area contributed by atoms with Crippen LogP contribution in [0.2, 0.25) is 0 Å². The first kappa shape index (κ1) is 18.1. The molecule has 0 amide bonds. The Morgan fingerprint density at radius 1 is 1.07 bits per heavy atom. The number of hydrogen-bond donors (Lipinski definition) is 0. The molecule has 0 aliphatic carbocycles. The Hall–Kier alpha value is -3.25. The molecule has 1 unspecified atom stereocenters. The zero-order valence-electron chi connectivity index (χ0n) is 15.5. The van der Waals surface area contributed by atoms with E-state index in [0.29, 0.717) is 21.6 Å². The highest BCUT2D eigenvalue weighted by molar-refractivity contribution is 7.17. The van der Waals surface area contributed by atoms with E-state index in [1.54, 1.807) is 6.92 Å². The molecule has 4 aromatic rings. The molecule has 4 rings (SSSR count). The van der Waals surface area contributed by atoms with E-state index in [2.05, 4.69) is 4.98 Å². The van der Waals surface area contributed by atoms with Gasteiger partial charge in [0, 0.05) is 10.9 Å². The van der Waals surface area contributed by atoms with Gasteiger partial charge in [-0.1, -0.05) is 60.7 Å². The number of aromatic nitrogens is 2. The lowest BCUT2D eigenvalue weighted by atomic mass is 10.0. The van der Waals surface area contributed by atoms with E-state index >= 15 is 0 Å². The second-order valence-corrected chi connectivity index (χ2v) is 7.22. The standard InChI is InChI=1S/C22H18N2O3S/c1-14-23-20-18(17(13-28-20)15-9-5-3-6-10-15)21(25)24(14)19(22(26)27-2)16-11-7-4-8-12-16/h3-13,19H,1-2H3. The molecule has 0 bridgehead atoms. The minimum atomic E-state index is -0.890. The molecule has 6 heteroatoms. The summed E-state index contributed by atoms with van der Waals surface area (Å²) < 4.78 is 6.45.